The first-order valence-electron chi connectivity index (χ1n) is 10.6. The van der Waals surface area contributed by atoms with Crippen LogP contribution in [0.2, 0.25) is 5.02 Å². The minimum Gasteiger partial charge on any atom is -0.323 e. The van der Waals surface area contributed by atoms with E-state index in [-0.39, 0.29) is 0 Å². The van der Waals surface area contributed by atoms with E-state index in [2.05, 4.69) is 20.7 Å². The molecule has 1 aromatic heterocycles. The second kappa shape index (κ2) is 9.41. The summed E-state index contributed by atoms with van der Waals surface area (Å²) in [4.78, 5) is 44.0. The van der Waals surface area contributed by atoms with Gasteiger partial charge >= 0.3 is 6.03 Å². The Morgan fingerprint density at radius 2 is 1.97 bits per heavy atom. The van der Waals surface area contributed by atoms with E-state index in [1.165, 1.54) is 17.3 Å². The van der Waals surface area contributed by atoms with Crippen LogP contribution in [0.1, 0.15) is 31.7 Å². The van der Waals surface area contributed by atoms with Gasteiger partial charge in [0, 0.05) is 5.02 Å². The van der Waals surface area contributed by atoms with Crippen molar-refractivity contribution in [2.75, 3.05) is 11.9 Å². The molecule has 3 aromatic rings. The third-order valence-corrected chi connectivity index (χ3v) is 5.78. The summed E-state index contributed by atoms with van der Waals surface area (Å²) in [7, 11) is 0. The van der Waals surface area contributed by atoms with Gasteiger partial charge in [-0.3, -0.25) is 14.5 Å². The number of imide groups is 1. The molecule has 33 heavy (non-hydrogen) atoms. The summed E-state index contributed by atoms with van der Waals surface area (Å²) < 4.78 is 1.48. The van der Waals surface area contributed by atoms with Crippen LogP contribution in [0.5, 0.6) is 0 Å². The lowest BCUT2D eigenvalue weighted by Crippen LogP contribution is -2.44. The number of carbonyl (C=O) groups excluding carboxylic acids is 3. The Labute approximate surface area is 195 Å². The molecule has 1 aliphatic rings. The molecule has 9 nitrogen and oxygen atoms in total. The van der Waals surface area contributed by atoms with E-state index in [0.717, 1.165) is 17.7 Å². The number of urea groups is 1. The van der Waals surface area contributed by atoms with Crippen molar-refractivity contribution in [2.45, 2.75) is 31.7 Å². The smallest absolute Gasteiger partial charge is 0.323 e. The summed E-state index contributed by atoms with van der Waals surface area (Å²) in [6.45, 7) is 1.58. The van der Waals surface area contributed by atoms with Crippen molar-refractivity contribution in [1.29, 1.82) is 0 Å². The molecule has 4 amide bonds. The van der Waals surface area contributed by atoms with Gasteiger partial charge in [0.1, 0.15) is 24.7 Å². The number of hydrogen-bond acceptors (Lipinski definition) is 5. The van der Waals surface area contributed by atoms with E-state index in [0.29, 0.717) is 28.4 Å². The Morgan fingerprint density at radius 3 is 2.67 bits per heavy atom. The van der Waals surface area contributed by atoms with E-state index in [1.54, 1.807) is 18.2 Å². The van der Waals surface area contributed by atoms with Crippen molar-refractivity contribution >= 4 is 35.1 Å². The largest absolute Gasteiger partial charge is 0.325 e. The van der Waals surface area contributed by atoms with Crippen LogP contribution in [0, 0.1) is 0 Å². The molecule has 0 bridgehead atoms. The van der Waals surface area contributed by atoms with Crippen molar-refractivity contribution in [3.8, 4) is 5.69 Å². The fourth-order valence-corrected chi connectivity index (χ4v) is 4.09. The molecule has 1 unspecified atom stereocenters. The monoisotopic (exact) mass is 466 g/mol. The standard InChI is InChI=1S/C23H23ClN6O3/c1-2-3-11-23(16-7-5-4-6-8-16)21(32)29(22(33)28-23)13-20(31)27-18-12-17(24)9-10-19(18)30-15-25-14-26-30/h4-10,12,14-15H,2-3,11,13H2,1H3,(H,27,31)(H,28,33). The molecule has 1 saturated heterocycles. The van der Waals surface area contributed by atoms with Gasteiger partial charge in [-0.1, -0.05) is 61.7 Å². The molecular weight excluding hydrogens is 444 g/mol. The quantitative estimate of drug-likeness (QED) is 0.494. The number of carbonyl (C=O) groups is 3. The maximum atomic E-state index is 13.5. The van der Waals surface area contributed by atoms with E-state index in [4.69, 9.17) is 11.6 Å². The Morgan fingerprint density at radius 1 is 1.18 bits per heavy atom. The summed E-state index contributed by atoms with van der Waals surface area (Å²) >= 11 is 6.11. The number of unbranched alkanes of at least 4 members (excludes halogenated alkanes) is 1. The highest BCUT2D eigenvalue weighted by Crippen LogP contribution is 2.34. The number of hydrogen-bond donors (Lipinski definition) is 2. The molecule has 4 rings (SSSR count). The average Bonchev–Trinajstić information content (AvgIpc) is 3.42. The molecule has 1 atom stereocenters. The zero-order chi connectivity index (χ0) is 23.4. The summed E-state index contributed by atoms with van der Waals surface area (Å²) in [5, 5.41) is 10.1. The topological polar surface area (TPSA) is 109 Å². The zero-order valence-electron chi connectivity index (χ0n) is 18.0. The maximum absolute atomic E-state index is 13.5. The summed E-state index contributed by atoms with van der Waals surface area (Å²) in [6.07, 6.45) is 4.90. The molecule has 0 aliphatic carbocycles. The van der Waals surface area contributed by atoms with Crippen molar-refractivity contribution < 1.29 is 14.4 Å². The summed E-state index contributed by atoms with van der Waals surface area (Å²) in [6, 6.07) is 13.4. The first kappa shape index (κ1) is 22.5. The van der Waals surface area contributed by atoms with Gasteiger partial charge in [0.25, 0.3) is 5.91 Å². The Hall–Kier alpha value is -3.72. The zero-order valence-corrected chi connectivity index (χ0v) is 18.7. The molecule has 2 aromatic carbocycles. The van der Waals surface area contributed by atoms with E-state index in [1.807, 2.05) is 37.3 Å². The van der Waals surface area contributed by atoms with Crippen LogP contribution in [0.4, 0.5) is 10.5 Å². The number of aromatic nitrogens is 3. The molecule has 2 heterocycles. The van der Waals surface area contributed by atoms with Gasteiger partial charge in [-0.15, -0.1) is 0 Å². The number of halogens is 1. The highest BCUT2D eigenvalue weighted by atomic mass is 35.5. The molecule has 2 N–H and O–H groups in total. The second-order valence-corrected chi connectivity index (χ2v) is 8.18. The highest BCUT2D eigenvalue weighted by molar-refractivity contribution is 6.31. The van der Waals surface area contributed by atoms with Crippen LogP contribution in [-0.4, -0.2) is 44.1 Å². The van der Waals surface area contributed by atoms with Gasteiger partial charge < -0.3 is 10.6 Å². The molecule has 0 saturated carbocycles. The predicted octanol–water partition coefficient (Wildman–Crippen LogP) is 3.50. The van der Waals surface area contributed by atoms with Gasteiger partial charge in [-0.25, -0.2) is 14.5 Å². The van der Waals surface area contributed by atoms with Crippen LogP contribution in [0.25, 0.3) is 5.69 Å². The van der Waals surface area contributed by atoms with Crippen LogP contribution >= 0.6 is 11.6 Å². The Bertz CT molecular complexity index is 1170. The highest BCUT2D eigenvalue weighted by Gasteiger charge is 2.52. The van der Waals surface area contributed by atoms with Gasteiger partial charge in [-0.05, 0) is 30.2 Å². The van der Waals surface area contributed by atoms with Crippen LogP contribution in [0.15, 0.2) is 61.2 Å². The Kier molecular flexibility index (Phi) is 6.41. The summed E-state index contributed by atoms with van der Waals surface area (Å²) in [5.41, 5.74) is 0.439. The number of nitrogens with one attached hydrogen (secondary N) is 2. The molecule has 170 valence electrons. The second-order valence-electron chi connectivity index (χ2n) is 7.75. The first-order valence-corrected chi connectivity index (χ1v) is 11.0. The maximum Gasteiger partial charge on any atom is 0.325 e. The van der Waals surface area contributed by atoms with E-state index >= 15 is 0 Å². The molecule has 0 radical (unpaired) electrons. The number of rotatable bonds is 8. The lowest BCUT2D eigenvalue weighted by Gasteiger charge is -2.27. The van der Waals surface area contributed by atoms with Crippen LogP contribution < -0.4 is 10.6 Å². The van der Waals surface area contributed by atoms with Crippen molar-refractivity contribution in [1.82, 2.24) is 25.0 Å². The molecule has 0 spiro atoms. The number of benzene rings is 2. The van der Waals surface area contributed by atoms with Gasteiger partial charge in [0.05, 0.1) is 11.4 Å². The van der Waals surface area contributed by atoms with Crippen molar-refractivity contribution in [3.05, 3.63) is 71.8 Å². The van der Waals surface area contributed by atoms with Gasteiger partial charge in [0.15, 0.2) is 0 Å². The molecule has 10 heteroatoms. The number of nitrogens with zero attached hydrogens (tertiary/aromatic N) is 4. The number of amides is 4. The molecular formula is C23H23ClN6O3. The molecule has 1 aliphatic heterocycles. The first-order chi connectivity index (χ1) is 15.9. The fraction of sp³-hybridized carbons (Fsp3) is 0.261. The van der Waals surface area contributed by atoms with E-state index in [9.17, 15) is 14.4 Å². The van der Waals surface area contributed by atoms with Gasteiger partial charge in [-0.2, -0.15) is 5.10 Å². The van der Waals surface area contributed by atoms with Crippen molar-refractivity contribution in [2.24, 2.45) is 0 Å². The predicted molar refractivity (Wildman–Crippen MR) is 123 cm³/mol. The normalized spacial score (nSPS) is 17.8. The van der Waals surface area contributed by atoms with Crippen LogP contribution in [-0.2, 0) is 15.1 Å². The fourth-order valence-electron chi connectivity index (χ4n) is 3.92. The summed E-state index contributed by atoms with van der Waals surface area (Å²) in [5.74, 6) is -0.980. The van der Waals surface area contributed by atoms with Crippen molar-refractivity contribution in [3.63, 3.8) is 0 Å². The Balaban J connectivity index is 1.56. The average molecular weight is 467 g/mol. The lowest BCUT2D eigenvalue weighted by atomic mass is 9.85. The molecule has 1 fully saturated rings. The minimum absolute atomic E-state index is 0.380. The minimum atomic E-state index is -1.18. The third-order valence-electron chi connectivity index (χ3n) is 5.55. The number of anilines is 1. The lowest BCUT2D eigenvalue weighted by molar-refractivity contribution is -0.134. The van der Waals surface area contributed by atoms with Gasteiger partial charge in [0.2, 0.25) is 5.91 Å². The van der Waals surface area contributed by atoms with Crippen LogP contribution in [0.3, 0.4) is 0 Å². The third kappa shape index (κ3) is 4.45. The van der Waals surface area contributed by atoms with E-state index < -0.39 is 29.9 Å². The SMILES string of the molecule is CCCCC1(c2ccccc2)NC(=O)N(CC(=O)Nc2cc(Cl)ccc2-n2cncn2)C1=O.